The smallest absolute Gasteiger partial charge is 0.187 e. The van der Waals surface area contributed by atoms with Crippen LogP contribution < -0.4 is 4.90 Å². The summed E-state index contributed by atoms with van der Waals surface area (Å²) in [5.41, 5.74) is 0. The first kappa shape index (κ1) is 9.05. The molecule has 8 heteroatoms. The molecule has 3 heterocycles. The fraction of sp³-hybridized carbons (Fsp3) is 0.429. The van der Waals surface area contributed by atoms with E-state index in [1.165, 1.54) is 0 Å². The van der Waals surface area contributed by atoms with Crippen LogP contribution in [-0.2, 0) is 13.1 Å². The molecule has 0 N–H and O–H groups in total. The van der Waals surface area contributed by atoms with Crippen molar-refractivity contribution in [2.24, 2.45) is 0 Å². The van der Waals surface area contributed by atoms with Gasteiger partial charge in [0, 0.05) is 13.1 Å². The molecule has 0 unspecified atom stereocenters. The van der Waals surface area contributed by atoms with E-state index in [1.807, 2.05) is 4.57 Å². The maximum Gasteiger partial charge on any atom is 0.187 e. The van der Waals surface area contributed by atoms with Crippen LogP contribution in [0.1, 0.15) is 5.82 Å². The second-order valence-electron chi connectivity index (χ2n) is 3.24. The molecule has 0 saturated carbocycles. The van der Waals surface area contributed by atoms with E-state index < -0.39 is 0 Å². The molecule has 3 rings (SSSR count). The molecule has 0 radical (unpaired) electrons. The molecule has 6 nitrogen and oxygen atoms in total. The van der Waals surface area contributed by atoms with E-state index in [1.54, 1.807) is 6.33 Å². The normalized spacial score (nSPS) is 15.4. The Kier molecular flexibility index (Phi) is 2.06. The number of nitrogens with zero attached hydrogens (tertiary/aromatic N) is 6. The molecule has 0 fully saturated rings. The Morgan fingerprint density at radius 3 is 3.07 bits per heavy atom. The summed E-state index contributed by atoms with van der Waals surface area (Å²) in [4.78, 5) is 2.07. The summed E-state index contributed by atoms with van der Waals surface area (Å²) in [6.07, 6.45) is 1.74. The SMILES string of the molecule is Clc1nsnc1N1CCn2cnnc2C1. The Hall–Kier alpha value is -1.21. The van der Waals surface area contributed by atoms with Gasteiger partial charge >= 0.3 is 0 Å². The van der Waals surface area contributed by atoms with Crippen molar-refractivity contribution in [1.82, 2.24) is 23.5 Å². The monoisotopic (exact) mass is 242 g/mol. The topological polar surface area (TPSA) is 59.7 Å². The third kappa shape index (κ3) is 1.47. The summed E-state index contributed by atoms with van der Waals surface area (Å²) in [6, 6.07) is 0. The van der Waals surface area contributed by atoms with Gasteiger partial charge in [-0.25, -0.2) is 0 Å². The molecular weight excluding hydrogens is 236 g/mol. The van der Waals surface area contributed by atoms with Gasteiger partial charge in [-0.1, -0.05) is 11.6 Å². The molecule has 0 aromatic carbocycles. The van der Waals surface area contributed by atoms with Gasteiger partial charge in [0.1, 0.15) is 6.33 Å². The van der Waals surface area contributed by atoms with Gasteiger partial charge in [-0.3, -0.25) is 0 Å². The quantitative estimate of drug-likeness (QED) is 0.741. The highest BCUT2D eigenvalue weighted by atomic mass is 35.5. The maximum absolute atomic E-state index is 5.93. The Labute approximate surface area is 94.8 Å². The average molecular weight is 243 g/mol. The van der Waals surface area contributed by atoms with Crippen LogP contribution in [0.25, 0.3) is 0 Å². The van der Waals surface area contributed by atoms with Crippen molar-refractivity contribution in [3.05, 3.63) is 17.3 Å². The molecule has 0 spiro atoms. The molecule has 0 aliphatic carbocycles. The third-order valence-electron chi connectivity index (χ3n) is 2.37. The van der Waals surface area contributed by atoms with Crippen LogP contribution in [0.3, 0.4) is 0 Å². The fourth-order valence-electron chi connectivity index (χ4n) is 1.61. The molecule has 2 aromatic rings. The van der Waals surface area contributed by atoms with E-state index >= 15 is 0 Å². The van der Waals surface area contributed by atoms with Crippen molar-refractivity contribution < 1.29 is 0 Å². The lowest BCUT2D eigenvalue weighted by atomic mass is 10.3. The lowest BCUT2D eigenvalue weighted by Gasteiger charge is -2.26. The van der Waals surface area contributed by atoms with Gasteiger partial charge in [0.2, 0.25) is 0 Å². The first-order valence-electron chi connectivity index (χ1n) is 4.44. The standard InChI is InChI=1S/C7H7ClN6S/c8-6-7(12-15-11-6)13-1-2-14-4-9-10-5(14)3-13/h4H,1-3H2. The number of fused-ring (bicyclic) bond motifs is 1. The van der Waals surface area contributed by atoms with Crippen molar-refractivity contribution in [2.45, 2.75) is 13.1 Å². The summed E-state index contributed by atoms with van der Waals surface area (Å²) < 4.78 is 10.1. The van der Waals surface area contributed by atoms with E-state index in [0.29, 0.717) is 11.7 Å². The van der Waals surface area contributed by atoms with Crippen LogP contribution in [0.2, 0.25) is 5.15 Å². The van der Waals surface area contributed by atoms with Gasteiger partial charge in [-0.05, 0) is 0 Å². The van der Waals surface area contributed by atoms with Gasteiger partial charge in [-0.2, -0.15) is 8.75 Å². The van der Waals surface area contributed by atoms with E-state index in [-0.39, 0.29) is 0 Å². The number of hydrogen-bond donors (Lipinski definition) is 0. The zero-order valence-electron chi connectivity index (χ0n) is 7.67. The number of halogens is 1. The second-order valence-corrected chi connectivity index (χ2v) is 4.13. The van der Waals surface area contributed by atoms with Gasteiger partial charge < -0.3 is 9.47 Å². The van der Waals surface area contributed by atoms with Gasteiger partial charge in [-0.15, -0.1) is 10.2 Å². The van der Waals surface area contributed by atoms with Crippen molar-refractivity contribution in [1.29, 1.82) is 0 Å². The van der Waals surface area contributed by atoms with Gasteiger partial charge in [0.25, 0.3) is 0 Å². The van der Waals surface area contributed by atoms with Gasteiger partial charge in [0.05, 0.1) is 18.3 Å². The molecule has 0 saturated heterocycles. The molecule has 2 aromatic heterocycles. The Morgan fingerprint density at radius 1 is 1.33 bits per heavy atom. The zero-order valence-corrected chi connectivity index (χ0v) is 9.24. The summed E-state index contributed by atoms with van der Waals surface area (Å²) in [5.74, 6) is 1.68. The van der Waals surface area contributed by atoms with E-state index in [0.717, 1.165) is 36.5 Å². The minimum absolute atomic E-state index is 0.466. The number of hydrogen-bond acceptors (Lipinski definition) is 6. The van der Waals surface area contributed by atoms with Crippen LogP contribution >= 0.6 is 23.3 Å². The largest absolute Gasteiger partial charge is 0.344 e. The lowest BCUT2D eigenvalue weighted by Crippen LogP contribution is -2.33. The van der Waals surface area contributed by atoms with E-state index in [2.05, 4.69) is 23.8 Å². The van der Waals surface area contributed by atoms with Gasteiger partial charge in [0.15, 0.2) is 16.8 Å². The maximum atomic E-state index is 5.93. The van der Waals surface area contributed by atoms with Crippen molar-refractivity contribution >= 4 is 29.1 Å². The molecule has 0 amide bonds. The molecule has 1 aliphatic rings. The predicted molar refractivity (Wildman–Crippen MR) is 56.0 cm³/mol. The Bertz CT molecular complexity index is 479. The van der Waals surface area contributed by atoms with E-state index in [4.69, 9.17) is 11.6 Å². The lowest BCUT2D eigenvalue weighted by molar-refractivity contribution is 0.557. The first-order valence-corrected chi connectivity index (χ1v) is 5.55. The Morgan fingerprint density at radius 2 is 2.27 bits per heavy atom. The van der Waals surface area contributed by atoms with Crippen LogP contribution in [-0.4, -0.2) is 30.1 Å². The Balaban J connectivity index is 1.90. The molecule has 1 aliphatic heterocycles. The highest BCUT2D eigenvalue weighted by Crippen LogP contribution is 2.25. The first-order chi connectivity index (χ1) is 7.34. The minimum Gasteiger partial charge on any atom is -0.344 e. The molecule has 0 bridgehead atoms. The minimum atomic E-state index is 0.466. The van der Waals surface area contributed by atoms with Crippen molar-refractivity contribution in [3.63, 3.8) is 0 Å². The zero-order chi connectivity index (χ0) is 10.3. The molecule has 15 heavy (non-hydrogen) atoms. The van der Waals surface area contributed by atoms with Crippen LogP contribution in [0.4, 0.5) is 5.82 Å². The van der Waals surface area contributed by atoms with Crippen LogP contribution in [0, 0.1) is 0 Å². The van der Waals surface area contributed by atoms with Crippen molar-refractivity contribution in [2.75, 3.05) is 11.4 Å². The van der Waals surface area contributed by atoms with E-state index in [9.17, 15) is 0 Å². The summed E-state index contributed by atoms with van der Waals surface area (Å²) >= 11 is 7.05. The molecule has 0 atom stereocenters. The summed E-state index contributed by atoms with van der Waals surface area (Å²) in [5, 5.41) is 8.36. The van der Waals surface area contributed by atoms with Crippen LogP contribution in [0.15, 0.2) is 6.33 Å². The third-order valence-corrected chi connectivity index (χ3v) is 3.24. The summed E-state index contributed by atoms with van der Waals surface area (Å²) in [7, 11) is 0. The molecule has 78 valence electrons. The predicted octanol–water partition coefficient (Wildman–Crippen LogP) is 0.803. The van der Waals surface area contributed by atoms with Crippen LogP contribution in [0.5, 0.6) is 0 Å². The highest BCUT2D eigenvalue weighted by Gasteiger charge is 2.21. The second kappa shape index (κ2) is 3.42. The van der Waals surface area contributed by atoms with Crippen molar-refractivity contribution in [3.8, 4) is 0 Å². The summed E-state index contributed by atoms with van der Waals surface area (Å²) in [6.45, 7) is 2.40. The number of rotatable bonds is 1. The molecular formula is C7H7ClN6S. The number of aromatic nitrogens is 5. The average Bonchev–Trinajstić information content (AvgIpc) is 2.84. The number of anilines is 1. The highest BCUT2D eigenvalue weighted by molar-refractivity contribution is 6.99. The fourth-order valence-corrected chi connectivity index (χ4v) is 2.39.